The first kappa shape index (κ1) is 17.2. The van der Waals surface area contributed by atoms with E-state index in [2.05, 4.69) is 10.4 Å². The highest BCUT2D eigenvalue weighted by molar-refractivity contribution is 5.94. The average molecular weight is 309 g/mol. The number of nitrogens with zero attached hydrogens (tertiary/aromatic N) is 2. The summed E-state index contributed by atoms with van der Waals surface area (Å²) in [6.07, 6.45) is 0. The second kappa shape index (κ2) is 7.24. The lowest BCUT2D eigenvalue weighted by molar-refractivity contribution is -0.119. The number of benzene rings is 1. The highest BCUT2D eigenvalue weighted by Crippen LogP contribution is 2.22. The number of amides is 1. The van der Waals surface area contributed by atoms with Gasteiger partial charge < -0.3 is 11.1 Å². The van der Waals surface area contributed by atoms with Crippen LogP contribution in [-0.2, 0) is 4.79 Å². The zero-order valence-corrected chi connectivity index (χ0v) is 13.3. The number of rotatable bonds is 4. The van der Waals surface area contributed by atoms with Crippen molar-refractivity contribution in [1.29, 1.82) is 0 Å². The van der Waals surface area contributed by atoms with Gasteiger partial charge in [-0.3, -0.25) is 4.79 Å². The Morgan fingerprint density at radius 3 is 2.62 bits per heavy atom. The molecule has 0 fully saturated rings. The third kappa shape index (κ3) is 3.83. The highest BCUT2D eigenvalue weighted by atomic mass is 35.5. The Labute approximate surface area is 130 Å². The van der Waals surface area contributed by atoms with E-state index in [0.29, 0.717) is 6.54 Å². The number of nitrogens with one attached hydrogen (secondary N) is 1. The van der Waals surface area contributed by atoms with Crippen molar-refractivity contribution < 1.29 is 4.79 Å². The number of hydrogen-bond donors (Lipinski definition) is 2. The van der Waals surface area contributed by atoms with Gasteiger partial charge in [0, 0.05) is 18.2 Å². The maximum absolute atomic E-state index is 12.0. The topological polar surface area (TPSA) is 72.9 Å². The summed E-state index contributed by atoms with van der Waals surface area (Å²) in [7, 11) is 0. The minimum atomic E-state index is -0.219. The molecule has 0 saturated carbocycles. The fourth-order valence-electron chi connectivity index (χ4n) is 2.00. The van der Waals surface area contributed by atoms with Crippen molar-refractivity contribution in [2.24, 2.45) is 11.7 Å². The van der Waals surface area contributed by atoms with E-state index < -0.39 is 0 Å². The summed E-state index contributed by atoms with van der Waals surface area (Å²) in [6.45, 7) is 6.07. The van der Waals surface area contributed by atoms with Crippen molar-refractivity contribution in [2.75, 3.05) is 11.9 Å². The van der Waals surface area contributed by atoms with Crippen LogP contribution in [0.25, 0.3) is 5.69 Å². The van der Waals surface area contributed by atoms with Gasteiger partial charge in [-0.05, 0) is 32.0 Å². The van der Waals surface area contributed by atoms with Crippen molar-refractivity contribution >= 4 is 24.0 Å². The minimum Gasteiger partial charge on any atom is -0.330 e. The lowest BCUT2D eigenvalue weighted by Gasteiger charge is -2.14. The molecule has 1 aromatic carbocycles. The molecule has 1 atom stereocenters. The van der Waals surface area contributed by atoms with Crippen LogP contribution in [0, 0.1) is 19.8 Å². The third-order valence-electron chi connectivity index (χ3n) is 3.20. The van der Waals surface area contributed by atoms with E-state index in [1.165, 1.54) is 0 Å². The zero-order valence-electron chi connectivity index (χ0n) is 12.5. The van der Waals surface area contributed by atoms with E-state index in [4.69, 9.17) is 5.73 Å². The Kier molecular flexibility index (Phi) is 5.93. The summed E-state index contributed by atoms with van der Waals surface area (Å²) in [4.78, 5) is 12.0. The number of aryl methyl sites for hydroxylation is 2. The Bertz CT molecular complexity index is 624. The van der Waals surface area contributed by atoms with Crippen molar-refractivity contribution in [2.45, 2.75) is 20.8 Å². The summed E-state index contributed by atoms with van der Waals surface area (Å²) in [5.41, 5.74) is 9.09. The molecule has 0 radical (unpaired) electrons. The van der Waals surface area contributed by atoms with Gasteiger partial charge in [0.2, 0.25) is 5.91 Å². The first-order valence-corrected chi connectivity index (χ1v) is 6.66. The van der Waals surface area contributed by atoms with Crippen LogP contribution in [0.5, 0.6) is 0 Å². The molecule has 0 aliphatic rings. The summed E-state index contributed by atoms with van der Waals surface area (Å²) in [5, 5.41) is 7.37. The predicted octanol–water partition coefficient (Wildman–Crippen LogP) is 2.44. The standard InChI is InChI=1S/C15H20N4O.ClH/c1-10(9-16)15(20)17-13-6-4-5-7-14(13)19-12(3)8-11(2)18-19;/h4-8,10H,9,16H2,1-3H3,(H,17,20);1H. The van der Waals surface area contributed by atoms with E-state index in [9.17, 15) is 4.79 Å². The molecule has 3 N–H and O–H groups in total. The van der Waals surface area contributed by atoms with E-state index in [1.54, 1.807) is 6.92 Å². The van der Waals surface area contributed by atoms with Gasteiger partial charge in [-0.1, -0.05) is 19.1 Å². The number of halogens is 1. The fraction of sp³-hybridized carbons (Fsp3) is 0.333. The molecule has 1 unspecified atom stereocenters. The molecule has 114 valence electrons. The van der Waals surface area contributed by atoms with Crippen LogP contribution in [0.2, 0.25) is 0 Å². The molecule has 0 aliphatic carbocycles. The Morgan fingerprint density at radius 2 is 2.05 bits per heavy atom. The highest BCUT2D eigenvalue weighted by Gasteiger charge is 2.14. The molecular formula is C15H21ClN4O. The largest absolute Gasteiger partial charge is 0.330 e. The molecule has 1 amide bonds. The molecular weight excluding hydrogens is 288 g/mol. The SMILES string of the molecule is Cc1cc(C)n(-c2ccccc2NC(=O)C(C)CN)n1.Cl. The van der Waals surface area contributed by atoms with Crippen molar-refractivity contribution in [1.82, 2.24) is 9.78 Å². The summed E-state index contributed by atoms with van der Waals surface area (Å²) in [5.74, 6) is -0.301. The normalized spacial score (nSPS) is 11.6. The second-order valence-corrected chi connectivity index (χ2v) is 4.98. The molecule has 1 aromatic heterocycles. The second-order valence-electron chi connectivity index (χ2n) is 4.98. The first-order chi connectivity index (χ1) is 9.52. The number of carbonyl (C=O) groups excluding carboxylic acids is 1. The number of nitrogens with two attached hydrogens (primary N) is 1. The Morgan fingerprint density at radius 1 is 1.38 bits per heavy atom. The van der Waals surface area contributed by atoms with Gasteiger partial charge in [0.15, 0.2) is 0 Å². The molecule has 1 heterocycles. The van der Waals surface area contributed by atoms with Gasteiger partial charge in [-0.2, -0.15) is 5.10 Å². The smallest absolute Gasteiger partial charge is 0.228 e. The van der Waals surface area contributed by atoms with Crippen LogP contribution in [-0.4, -0.2) is 22.2 Å². The van der Waals surface area contributed by atoms with Crippen molar-refractivity contribution in [3.05, 3.63) is 41.7 Å². The van der Waals surface area contributed by atoms with E-state index in [-0.39, 0.29) is 24.2 Å². The summed E-state index contributed by atoms with van der Waals surface area (Å²) < 4.78 is 1.83. The molecule has 0 aliphatic heterocycles. The number of carbonyl (C=O) groups is 1. The van der Waals surface area contributed by atoms with Gasteiger partial charge in [-0.25, -0.2) is 4.68 Å². The Hall–Kier alpha value is -1.85. The van der Waals surface area contributed by atoms with E-state index >= 15 is 0 Å². The van der Waals surface area contributed by atoms with Crippen molar-refractivity contribution in [3.63, 3.8) is 0 Å². The van der Waals surface area contributed by atoms with E-state index in [0.717, 1.165) is 22.8 Å². The van der Waals surface area contributed by atoms with Gasteiger partial charge in [0.1, 0.15) is 0 Å². The maximum atomic E-state index is 12.0. The van der Waals surface area contributed by atoms with Crippen LogP contribution < -0.4 is 11.1 Å². The molecule has 6 heteroatoms. The Balaban J connectivity index is 0.00000220. The van der Waals surface area contributed by atoms with Gasteiger partial charge in [0.25, 0.3) is 0 Å². The van der Waals surface area contributed by atoms with Crippen LogP contribution >= 0.6 is 12.4 Å². The molecule has 5 nitrogen and oxygen atoms in total. The van der Waals surface area contributed by atoms with E-state index in [1.807, 2.05) is 48.9 Å². The number of para-hydroxylation sites is 2. The van der Waals surface area contributed by atoms with Gasteiger partial charge in [0.05, 0.1) is 17.1 Å². The lowest BCUT2D eigenvalue weighted by atomic mass is 10.1. The molecule has 0 saturated heterocycles. The van der Waals surface area contributed by atoms with Crippen LogP contribution in [0.4, 0.5) is 5.69 Å². The monoisotopic (exact) mass is 308 g/mol. The molecule has 0 spiro atoms. The summed E-state index contributed by atoms with van der Waals surface area (Å²) >= 11 is 0. The molecule has 2 aromatic rings. The predicted molar refractivity (Wildman–Crippen MR) is 87.1 cm³/mol. The number of anilines is 1. The molecule has 21 heavy (non-hydrogen) atoms. The number of hydrogen-bond acceptors (Lipinski definition) is 3. The molecule has 2 rings (SSSR count). The average Bonchev–Trinajstić information content (AvgIpc) is 2.77. The lowest BCUT2D eigenvalue weighted by Crippen LogP contribution is -2.27. The van der Waals surface area contributed by atoms with Gasteiger partial charge in [-0.15, -0.1) is 12.4 Å². The van der Waals surface area contributed by atoms with Gasteiger partial charge >= 0.3 is 0 Å². The summed E-state index contributed by atoms with van der Waals surface area (Å²) in [6, 6.07) is 9.61. The van der Waals surface area contributed by atoms with Crippen LogP contribution in [0.3, 0.4) is 0 Å². The minimum absolute atomic E-state index is 0. The van der Waals surface area contributed by atoms with Crippen LogP contribution in [0.15, 0.2) is 30.3 Å². The van der Waals surface area contributed by atoms with Crippen molar-refractivity contribution in [3.8, 4) is 5.69 Å². The molecule has 0 bridgehead atoms. The quantitative estimate of drug-likeness (QED) is 0.911. The third-order valence-corrected chi connectivity index (χ3v) is 3.20. The van der Waals surface area contributed by atoms with Crippen LogP contribution in [0.1, 0.15) is 18.3 Å². The number of aromatic nitrogens is 2. The maximum Gasteiger partial charge on any atom is 0.228 e. The fourth-order valence-corrected chi connectivity index (χ4v) is 2.00. The first-order valence-electron chi connectivity index (χ1n) is 6.66. The zero-order chi connectivity index (χ0) is 14.7.